The molecule has 2 saturated heterocycles. The Hall–Kier alpha value is -3.71. The van der Waals surface area contributed by atoms with E-state index in [0.29, 0.717) is 71.3 Å². The molecule has 2 aliphatic heterocycles. The normalized spacial score (nSPS) is 16.8. The highest BCUT2D eigenvalue weighted by molar-refractivity contribution is 8.26. The quantitative estimate of drug-likeness (QED) is 0.188. The number of aromatic nitrogens is 1. The molecule has 5 rings (SSSR count). The number of nitrogens with zero attached hydrogens (tertiary/aromatic N) is 3. The number of thiocarbonyl (C=S) groups is 1. The number of rotatable bonds is 10. The molecular weight excluding hydrogens is 584 g/mol. The number of halogens is 2. The predicted octanol–water partition coefficient (Wildman–Crippen LogP) is 5.23. The van der Waals surface area contributed by atoms with Crippen molar-refractivity contribution >= 4 is 46.3 Å². The van der Waals surface area contributed by atoms with Gasteiger partial charge in [-0.15, -0.1) is 0 Å². The number of hydrogen-bond donors (Lipinski definition) is 1. The summed E-state index contributed by atoms with van der Waals surface area (Å²) in [5.41, 5.74) is 2.32. The summed E-state index contributed by atoms with van der Waals surface area (Å²) in [6.07, 6.45) is 2.13. The monoisotopic (exact) mass is 611 g/mol. The van der Waals surface area contributed by atoms with Crippen LogP contribution in [0.2, 0.25) is 0 Å². The van der Waals surface area contributed by atoms with Crippen molar-refractivity contribution in [1.82, 2.24) is 14.8 Å². The Labute approximate surface area is 250 Å². The van der Waals surface area contributed by atoms with Crippen LogP contribution in [0, 0.1) is 11.6 Å². The van der Waals surface area contributed by atoms with Crippen LogP contribution in [0.4, 0.5) is 8.78 Å². The zero-order chi connectivity index (χ0) is 29.6. The fourth-order valence-corrected chi connectivity index (χ4v) is 5.85. The molecule has 1 N–H and O–H groups in total. The Balaban J connectivity index is 1.20. The number of pyridine rings is 1. The first-order valence-corrected chi connectivity index (χ1v) is 14.5. The van der Waals surface area contributed by atoms with Gasteiger partial charge in [-0.2, -0.15) is 0 Å². The second kappa shape index (κ2) is 13.5. The van der Waals surface area contributed by atoms with Crippen LogP contribution in [-0.4, -0.2) is 75.5 Å². The average Bonchev–Trinajstić information content (AvgIpc) is 3.25. The first kappa shape index (κ1) is 29.8. The predicted molar refractivity (Wildman–Crippen MR) is 159 cm³/mol. The van der Waals surface area contributed by atoms with Crippen molar-refractivity contribution in [2.24, 2.45) is 0 Å². The number of carboxylic acid groups (broad SMARTS) is 1. The lowest BCUT2D eigenvalue weighted by atomic mass is 10.1. The van der Waals surface area contributed by atoms with Gasteiger partial charge in [0.05, 0.1) is 41.7 Å². The SMILES string of the molecule is O=C(O)c1ccc(OCCCN2C(=O)C(=Cc3cccc(-c4ccc(F)c(F)c4)n3)SC2=S)c(CN2CCOCC2)c1. The van der Waals surface area contributed by atoms with Crippen molar-refractivity contribution in [2.75, 3.05) is 39.5 Å². The summed E-state index contributed by atoms with van der Waals surface area (Å²) >= 11 is 6.62. The van der Waals surface area contributed by atoms with E-state index in [1.54, 1.807) is 36.4 Å². The molecular formula is C30H27F2N3O5S2. The largest absolute Gasteiger partial charge is 0.493 e. The highest BCUT2D eigenvalue weighted by Crippen LogP contribution is 2.33. The van der Waals surface area contributed by atoms with Crippen molar-refractivity contribution in [3.63, 3.8) is 0 Å². The van der Waals surface area contributed by atoms with E-state index in [9.17, 15) is 23.5 Å². The van der Waals surface area contributed by atoms with Gasteiger partial charge in [-0.25, -0.2) is 18.6 Å². The lowest BCUT2D eigenvalue weighted by Crippen LogP contribution is -2.35. The molecule has 0 radical (unpaired) electrons. The fourth-order valence-electron chi connectivity index (χ4n) is 4.56. The van der Waals surface area contributed by atoms with Crippen LogP contribution in [0.5, 0.6) is 5.75 Å². The zero-order valence-electron chi connectivity index (χ0n) is 22.4. The Morgan fingerprint density at radius 1 is 1.12 bits per heavy atom. The van der Waals surface area contributed by atoms with Crippen molar-refractivity contribution in [3.8, 4) is 17.0 Å². The van der Waals surface area contributed by atoms with E-state index in [2.05, 4.69) is 9.88 Å². The highest BCUT2D eigenvalue weighted by atomic mass is 32.2. The summed E-state index contributed by atoms with van der Waals surface area (Å²) in [5, 5.41) is 9.43. The molecule has 3 heterocycles. The third-order valence-electron chi connectivity index (χ3n) is 6.73. The molecule has 1 amide bonds. The van der Waals surface area contributed by atoms with Gasteiger partial charge in [0.2, 0.25) is 0 Å². The molecule has 218 valence electrons. The lowest BCUT2D eigenvalue weighted by molar-refractivity contribution is -0.122. The van der Waals surface area contributed by atoms with E-state index in [0.717, 1.165) is 30.8 Å². The number of carbonyl (C=O) groups excluding carboxylic acids is 1. The Bertz CT molecular complexity index is 1550. The Kier molecular flexibility index (Phi) is 9.58. The molecule has 0 saturated carbocycles. The van der Waals surface area contributed by atoms with Crippen molar-refractivity contribution in [2.45, 2.75) is 13.0 Å². The minimum absolute atomic E-state index is 0.194. The van der Waals surface area contributed by atoms with Crippen LogP contribution in [0.1, 0.15) is 28.0 Å². The molecule has 12 heteroatoms. The summed E-state index contributed by atoms with van der Waals surface area (Å²) in [6, 6.07) is 13.5. The van der Waals surface area contributed by atoms with Gasteiger partial charge in [-0.3, -0.25) is 14.6 Å². The summed E-state index contributed by atoms with van der Waals surface area (Å²) in [7, 11) is 0. The molecule has 3 aromatic rings. The minimum Gasteiger partial charge on any atom is -0.493 e. The molecule has 1 aromatic heterocycles. The van der Waals surface area contributed by atoms with Crippen molar-refractivity contribution in [3.05, 3.63) is 88.0 Å². The number of aromatic carboxylic acids is 1. The minimum atomic E-state index is -1.00. The van der Waals surface area contributed by atoms with Gasteiger partial charge in [0.1, 0.15) is 10.1 Å². The van der Waals surface area contributed by atoms with Crippen LogP contribution >= 0.6 is 24.0 Å². The van der Waals surface area contributed by atoms with Gasteiger partial charge < -0.3 is 14.6 Å². The summed E-state index contributed by atoms with van der Waals surface area (Å²) in [5.74, 6) is -2.55. The molecule has 0 spiro atoms. The molecule has 0 atom stereocenters. The maximum absolute atomic E-state index is 13.7. The van der Waals surface area contributed by atoms with Gasteiger partial charge in [0, 0.05) is 37.3 Å². The molecule has 0 unspecified atom stereocenters. The summed E-state index contributed by atoms with van der Waals surface area (Å²) in [4.78, 5) is 33.2. The lowest BCUT2D eigenvalue weighted by Gasteiger charge is -2.27. The van der Waals surface area contributed by atoms with E-state index in [4.69, 9.17) is 21.7 Å². The number of hydrogen-bond acceptors (Lipinski definition) is 8. The first-order valence-electron chi connectivity index (χ1n) is 13.3. The van der Waals surface area contributed by atoms with Crippen molar-refractivity contribution in [1.29, 1.82) is 0 Å². The fraction of sp³-hybridized carbons (Fsp3) is 0.267. The van der Waals surface area contributed by atoms with Crippen LogP contribution in [-0.2, 0) is 16.1 Å². The molecule has 42 heavy (non-hydrogen) atoms. The smallest absolute Gasteiger partial charge is 0.335 e. The van der Waals surface area contributed by atoms with Gasteiger partial charge in [0.25, 0.3) is 5.91 Å². The number of thioether (sulfide) groups is 1. The summed E-state index contributed by atoms with van der Waals surface area (Å²) < 4.78 is 38.9. The van der Waals surface area contributed by atoms with E-state index in [1.165, 1.54) is 28.8 Å². The van der Waals surface area contributed by atoms with Crippen LogP contribution in [0.15, 0.2) is 59.5 Å². The second-order valence-corrected chi connectivity index (χ2v) is 11.3. The molecule has 0 bridgehead atoms. The standard InChI is InChI=1S/C30H27F2N3O5S2/c31-23-7-5-19(16-24(23)32)25-4-1-3-22(33-25)17-27-28(36)35(30(41)42-27)9-2-12-40-26-8-6-20(29(37)38)15-21(26)18-34-10-13-39-14-11-34/h1,3-8,15-17H,2,9-14,18H2,(H,37,38). The molecule has 0 aliphatic carbocycles. The molecule has 2 aromatic carbocycles. The van der Waals surface area contributed by atoms with Gasteiger partial charge >= 0.3 is 5.97 Å². The number of carbonyl (C=O) groups is 2. The first-order chi connectivity index (χ1) is 20.3. The van der Waals surface area contributed by atoms with Crippen LogP contribution in [0.25, 0.3) is 17.3 Å². The number of ether oxygens (including phenoxy) is 2. The number of benzene rings is 2. The third kappa shape index (κ3) is 7.19. The van der Waals surface area contributed by atoms with E-state index in [1.807, 2.05) is 0 Å². The number of morpholine rings is 1. The Morgan fingerprint density at radius 2 is 1.93 bits per heavy atom. The maximum atomic E-state index is 13.7. The molecule has 8 nitrogen and oxygen atoms in total. The van der Waals surface area contributed by atoms with E-state index < -0.39 is 17.6 Å². The second-order valence-electron chi connectivity index (χ2n) is 9.63. The highest BCUT2D eigenvalue weighted by Gasteiger charge is 2.31. The molecule has 2 fully saturated rings. The maximum Gasteiger partial charge on any atom is 0.335 e. The van der Waals surface area contributed by atoms with E-state index >= 15 is 0 Å². The van der Waals surface area contributed by atoms with E-state index in [-0.39, 0.29) is 11.5 Å². The van der Waals surface area contributed by atoms with Crippen LogP contribution in [0.3, 0.4) is 0 Å². The molecule has 2 aliphatic rings. The third-order valence-corrected chi connectivity index (χ3v) is 8.11. The topological polar surface area (TPSA) is 92.2 Å². The van der Waals surface area contributed by atoms with Crippen LogP contribution < -0.4 is 4.74 Å². The zero-order valence-corrected chi connectivity index (χ0v) is 24.1. The van der Waals surface area contributed by atoms with Gasteiger partial charge in [-0.05, 0) is 61.0 Å². The number of carboxylic acids is 1. The Morgan fingerprint density at radius 3 is 2.69 bits per heavy atom. The number of amides is 1. The van der Waals surface area contributed by atoms with Gasteiger partial charge in [-0.1, -0.05) is 30.0 Å². The average molecular weight is 612 g/mol. The van der Waals surface area contributed by atoms with Crippen molar-refractivity contribution < 1.29 is 33.0 Å². The van der Waals surface area contributed by atoms with Gasteiger partial charge in [0.15, 0.2) is 11.6 Å². The summed E-state index contributed by atoms with van der Waals surface area (Å²) in [6.45, 7) is 3.95.